The molecular formula is C15H10N2O. The van der Waals surface area contributed by atoms with Crippen LogP contribution in [0.2, 0.25) is 0 Å². The molecule has 0 N–H and O–H groups in total. The van der Waals surface area contributed by atoms with Crippen molar-refractivity contribution in [3.8, 4) is 17.2 Å². The first-order valence-corrected chi connectivity index (χ1v) is 5.62. The van der Waals surface area contributed by atoms with E-state index >= 15 is 0 Å². The summed E-state index contributed by atoms with van der Waals surface area (Å²) in [4.78, 5) is 11.3. The molecule has 0 aromatic heterocycles. The topological polar surface area (TPSA) is 45.8 Å². The first-order chi connectivity index (χ1) is 8.76. The van der Waals surface area contributed by atoms with Crippen LogP contribution in [0.4, 0.5) is 0 Å². The Morgan fingerprint density at radius 2 is 1.94 bits per heavy atom. The number of nitrogens with zero attached hydrogens (tertiary/aromatic N) is 2. The monoisotopic (exact) mass is 234 g/mol. The second-order valence-corrected chi connectivity index (χ2v) is 4.29. The van der Waals surface area contributed by atoms with Crippen molar-refractivity contribution < 1.29 is 4.79 Å². The number of carbonyl (C=O) groups is 1. The second-order valence-electron chi connectivity index (χ2n) is 4.29. The number of fused-ring (bicyclic) bond motifs is 3. The summed E-state index contributed by atoms with van der Waals surface area (Å²) >= 11 is 0. The molecule has 0 radical (unpaired) electrons. The average Bonchev–Trinajstić information content (AvgIpc) is 2.71. The molecule has 0 spiro atoms. The smallest absolute Gasteiger partial charge is 0.151 e. The minimum absolute atomic E-state index is 0.543. The molecule has 3 nitrogen and oxygen atoms in total. The molecular weight excluding hydrogens is 224 g/mol. The Balaban J connectivity index is 2.56. The van der Waals surface area contributed by atoms with Crippen molar-refractivity contribution >= 4 is 17.1 Å². The number of hydrogen-bond acceptors (Lipinski definition) is 2. The second kappa shape index (κ2) is 3.71. The lowest BCUT2D eigenvalue weighted by atomic mass is 10.1. The van der Waals surface area contributed by atoms with Crippen LogP contribution in [0.3, 0.4) is 0 Å². The van der Waals surface area contributed by atoms with Gasteiger partial charge in [-0.25, -0.2) is 0 Å². The number of aldehydes is 1. The van der Waals surface area contributed by atoms with Crippen LogP contribution in [0.15, 0.2) is 36.5 Å². The van der Waals surface area contributed by atoms with Crippen LogP contribution in [-0.4, -0.2) is 10.9 Å². The van der Waals surface area contributed by atoms with Gasteiger partial charge in [-0.1, -0.05) is 24.3 Å². The molecule has 1 aromatic carbocycles. The lowest BCUT2D eigenvalue weighted by Crippen LogP contribution is -1.98. The summed E-state index contributed by atoms with van der Waals surface area (Å²) in [6.07, 6.45) is 2.77. The minimum atomic E-state index is 0.543. The lowest BCUT2D eigenvalue weighted by molar-refractivity contribution is 0.112. The molecule has 2 aliphatic rings. The van der Waals surface area contributed by atoms with Crippen molar-refractivity contribution in [2.75, 3.05) is 0 Å². The highest BCUT2D eigenvalue weighted by atomic mass is 16.1. The van der Waals surface area contributed by atoms with Gasteiger partial charge in [0.2, 0.25) is 0 Å². The van der Waals surface area contributed by atoms with Crippen molar-refractivity contribution in [2.24, 2.45) is 7.05 Å². The van der Waals surface area contributed by atoms with Crippen LogP contribution in [0.5, 0.6) is 0 Å². The number of rotatable bonds is 1. The van der Waals surface area contributed by atoms with Gasteiger partial charge in [0, 0.05) is 24.4 Å². The quantitative estimate of drug-likeness (QED) is 0.607. The Hall–Kier alpha value is -2.60. The third-order valence-corrected chi connectivity index (χ3v) is 3.30. The number of benzene rings is 1. The average molecular weight is 234 g/mol. The Kier molecular flexibility index (Phi) is 2.17. The zero-order valence-corrected chi connectivity index (χ0v) is 9.84. The fourth-order valence-electron chi connectivity index (χ4n) is 2.42. The fraction of sp³-hybridized carbons (Fsp3) is 0.0667. The van der Waals surface area contributed by atoms with E-state index in [9.17, 15) is 4.79 Å². The standard InChI is InChI=1S/C15H10N2O/c1-17-8-14-11-4-2-3-5-12(11)15(9-18)13(14)6-10(17)7-16/h2-6,8-9H,1H3. The van der Waals surface area contributed by atoms with E-state index in [-0.39, 0.29) is 0 Å². The number of nitriles is 1. The maximum Gasteiger partial charge on any atom is 0.151 e. The van der Waals surface area contributed by atoms with Crippen LogP contribution in [0.1, 0.15) is 16.1 Å². The van der Waals surface area contributed by atoms with Crippen LogP contribution in [0.25, 0.3) is 21.9 Å². The molecule has 0 fully saturated rings. The van der Waals surface area contributed by atoms with E-state index in [1.54, 1.807) is 10.6 Å². The zero-order valence-electron chi connectivity index (χ0n) is 9.84. The van der Waals surface area contributed by atoms with Crippen LogP contribution >= 0.6 is 0 Å². The summed E-state index contributed by atoms with van der Waals surface area (Å²) < 4.78 is 1.78. The van der Waals surface area contributed by atoms with E-state index in [0.29, 0.717) is 11.3 Å². The molecule has 3 rings (SSSR count). The molecule has 0 amide bonds. The van der Waals surface area contributed by atoms with Gasteiger partial charge >= 0.3 is 0 Å². The van der Waals surface area contributed by atoms with Crippen LogP contribution in [0, 0.1) is 11.3 Å². The normalized spacial score (nSPS) is 10.7. The summed E-state index contributed by atoms with van der Waals surface area (Å²) in [5.74, 6) is 0. The SMILES string of the molecule is Cn1cc2c3ccccc3c(C=O)c-2cc1C#N. The van der Waals surface area contributed by atoms with E-state index in [1.807, 2.05) is 37.5 Å². The highest BCUT2D eigenvalue weighted by molar-refractivity contribution is 6.14. The van der Waals surface area contributed by atoms with Crippen molar-refractivity contribution in [1.82, 2.24) is 4.57 Å². The maximum atomic E-state index is 11.3. The third kappa shape index (κ3) is 1.26. The number of pyridine rings is 1. The molecule has 3 heteroatoms. The summed E-state index contributed by atoms with van der Waals surface area (Å²) in [5.41, 5.74) is 3.06. The highest BCUT2D eigenvalue weighted by Crippen LogP contribution is 2.38. The predicted octanol–water partition coefficient (Wildman–Crippen LogP) is 2.97. The molecule has 1 heterocycles. The Bertz CT molecular complexity index is 777. The predicted molar refractivity (Wildman–Crippen MR) is 69.6 cm³/mol. The Labute approximate surface area is 104 Å². The van der Waals surface area contributed by atoms with Gasteiger partial charge in [-0.05, 0) is 22.4 Å². The molecule has 86 valence electrons. The maximum absolute atomic E-state index is 11.3. The Morgan fingerprint density at radius 1 is 1.22 bits per heavy atom. The lowest BCUT2D eigenvalue weighted by Gasteiger charge is -2.07. The van der Waals surface area contributed by atoms with E-state index < -0.39 is 0 Å². The van der Waals surface area contributed by atoms with Crippen LogP contribution < -0.4 is 0 Å². The van der Waals surface area contributed by atoms with E-state index in [2.05, 4.69) is 6.07 Å². The van der Waals surface area contributed by atoms with Crippen molar-refractivity contribution in [1.29, 1.82) is 5.26 Å². The van der Waals surface area contributed by atoms with Crippen molar-refractivity contribution in [3.63, 3.8) is 0 Å². The van der Waals surface area contributed by atoms with E-state index in [1.165, 1.54) is 0 Å². The minimum Gasteiger partial charge on any atom is -0.342 e. The van der Waals surface area contributed by atoms with Gasteiger partial charge in [0.1, 0.15) is 11.8 Å². The fourth-order valence-corrected chi connectivity index (χ4v) is 2.42. The molecule has 0 unspecified atom stereocenters. The molecule has 1 aliphatic heterocycles. The van der Waals surface area contributed by atoms with Crippen LogP contribution in [-0.2, 0) is 7.05 Å². The van der Waals surface area contributed by atoms with Gasteiger partial charge in [0.05, 0.1) is 0 Å². The zero-order chi connectivity index (χ0) is 12.7. The molecule has 0 atom stereocenters. The summed E-state index contributed by atoms with van der Waals surface area (Å²) in [7, 11) is 1.83. The number of aryl methyl sites for hydroxylation is 1. The van der Waals surface area contributed by atoms with Gasteiger partial charge in [-0.15, -0.1) is 0 Å². The summed E-state index contributed by atoms with van der Waals surface area (Å²) in [6.45, 7) is 0. The summed E-state index contributed by atoms with van der Waals surface area (Å²) in [6, 6.07) is 11.7. The number of carbonyl (C=O) groups excluding carboxylic acids is 1. The third-order valence-electron chi connectivity index (χ3n) is 3.30. The van der Waals surface area contributed by atoms with Gasteiger partial charge < -0.3 is 4.57 Å². The molecule has 1 aromatic rings. The van der Waals surface area contributed by atoms with E-state index in [0.717, 1.165) is 28.2 Å². The number of hydrogen-bond donors (Lipinski definition) is 0. The van der Waals surface area contributed by atoms with Gasteiger partial charge in [-0.2, -0.15) is 5.26 Å². The van der Waals surface area contributed by atoms with E-state index in [4.69, 9.17) is 5.26 Å². The highest BCUT2D eigenvalue weighted by Gasteiger charge is 2.18. The van der Waals surface area contributed by atoms with Crippen molar-refractivity contribution in [3.05, 3.63) is 47.8 Å². The van der Waals surface area contributed by atoms with Gasteiger partial charge in [0.25, 0.3) is 0 Å². The molecule has 1 aliphatic carbocycles. The molecule has 0 saturated heterocycles. The Morgan fingerprint density at radius 3 is 2.61 bits per heavy atom. The molecule has 0 bridgehead atoms. The van der Waals surface area contributed by atoms with Crippen molar-refractivity contribution in [2.45, 2.75) is 0 Å². The molecule has 18 heavy (non-hydrogen) atoms. The van der Waals surface area contributed by atoms with Gasteiger partial charge in [-0.3, -0.25) is 4.79 Å². The number of aromatic nitrogens is 1. The largest absolute Gasteiger partial charge is 0.342 e. The first-order valence-electron chi connectivity index (χ1n) is 5.62. The van der Waals surface area contributed by atoms with Gasteiger partial charge in [0.15, 0.2) is 6.29 Å². The first kappa shape index (κ1) is 10.5. The summed E-state index contributed by atoms with van der Waals surface area (Å²) in [5, 5.41) is 11.1. The molecule has 0 saturated carbocycles.